The summed E-state index contributed by atoms with van der Waals surface area (Å²) in [7, 11) is -4.20. The Morgan fingerprint density at radius 3 is 2.14 bits per heavy atom. The second kappa shape index (κ2) is 10.4. The lowest BCUT2D eigenvalue weighted by Gasteiger charge is -2.28. The number of carbonyl (C=O) groups is 1. The number of para-hydroxylation sites is 1. The monoisotopic (exact) mass is 572 g/mol. The number of sulfonamides is 1. The van der Waals surface area contributed by atoms with Gasteiger partial charge in [0.15, 0.2) is 0 Å². The molecule has 2 aliphatic heterocycles. The van der Waals surface area contributed by atoms with Crippen LogP contribution in [0.25, 0.3) is 0 Å². The third-order valence-electron chi connectivity index (χ3n) is 7.87. The highest BCUT2D eigenvalue weighted by Crippen LogP contribution is 2.50. The van der Waals surface area contributed by atoms with Gasteiger partial charge in [-0.25, -0.2) is 0 Å². The van der Waals surface area contributed by atoms with Gasteiger partial charge in [-0.2, -0.15) is 23.2 Å². The van der Waals surface area contributed by atoms with Crippen molar-refractivity contribution < 1.29 is 13.2 Å². The summed E-state index contributed by atoms with van der Waals surface area (Å²) < 4.78 is 28.8. The first-order chi connectivity index (χ1) is 20.2. The van der Waals surface area contributed by atoms with Crippen LogP contribution in [0.2, 0.25) is 0 Å². The van der Waals surface area contributed by atoms with Crippen LogP contribution in [-0.4, -0.2) is 24.5 Å². The van der Waals surface area contributed by atoms with Gasteiger partial charge in [-0.3, -0.25) is 4.79 Å². The van der Waals surface area contributed by atoms with E-state index in [1.807, 2.05) is 92.7 Å². The van der Waals surface area contributed by atoms with Gasteiger partial charge in [-0.05, 0) is 48.7 Å². The summed E-state index contributed by atoms with van der Waals surface area (Å²) in [6.07, 6.45) is 1.23. The second-order valence-electron chi connectivity index (χ2n) is 10.6. The Balaban J connectivity index is 1.57. The number of hydrogen-bond acceptors (Lipinski definition) is 5. The minimum absolute atomic E-state index is 0.0104. The molecular weight excluding hydrogens is 544 g/mol. The number of aryl methyl sites for hydroxylation is 2. The van der Waals surface area contributed by atoms with E-state index in [-0.39, 0.29) is 22.8 Å². The van der Waals surface area contributed by atoms with E-state index in [1.165, 1.54) is 18.3 Å². The number of anilines is 1. The van der Waals surface area contributed by atoms with Crippen molar-refractivity contribution in [1.82, 2.24) is 4.41 Å². The summed E-state index contributed by atoms with van der Waals surface area (Å²) >= 11 is 0. The molecule has 7 nitrogen and oxygen atoms in total. The molecule has 0 aliphatic carbocycles. The average Bonchev–Trinajstić information content (AvgIpc) is 3.12. The van der Waals surface area contributed by atoms with Crippen LogP contribution in [0.4, 0.5) is 5.69 Å². The molecule has 0 fully saturated rings. The lowest BCUT2D eigenvalue weighted by atomic mass is 9.71. The number of hydrogen-bond donors (Lipinski definition) is 0. The van der Waals surface area contributed by atoms with E-state index in [0.717, 1.165) is 21.1 Å². The summed E-state index contributed by atoms with van der Waals surface area (Å²) in [4.78, 5) is 16.4. The zero-order valence-corrected chi connectivity index (χ0v) is 24.0. The van der Waals surface area contributed by atoms with Crippen LogP contribution in [0.3, 0.4) is 0 Å². The first-order valence-corrected chi connectivity index (χ1v) is 15.0. The molecule has 8 heteroatoms. The van der Waals surface area contributed by atoms with Gasteiger partial charge in [0.05, 0.1) is 35.0 Å². The lowest BCUT2D eigenvalue weighted by molar-refractivity contribution is -0.121. The van der Waals surface area contributed by atoms with Gasteiger partial charge >= 0.3 is 0 Å². The van der Waals surface area contributed by atoms with Gasteiger partial charge in [0.2, 0.25) is 5.91 Å². The van der Waals surface area contributed by atoms with E-state index in [4.69, 9.17) is 0 Å². The molecule has 4 aromatic carbocycles. The molecule has 0 bridgehead atoms. The molecule has 1 spiro atoms. The van der Waals surface area contributed by atoms with Crippen LogP contribution < -0.4 is 4.90 Å². The smallest absolute Gasteiger partial charge is 0.282 e. The summed E-state index contributed by atoms with van der Waals surface area (Å²) in [5, 5.41) is 15.2. The van der Waals surface area contributed by atoms with Crippen LogP contribution in [0.1, 0.15) is 34.2 Å². The second-order valence-corrected chi connectivity index (χ2v) is 12.4. The highest BCUT2D eigenvalue weighted by atomic mass is 32.2. The number of benzene rings is 4. The van der Waals surface area contributed by atoms with Crippen molar-refractivity contribution in [2.75, 3.05) is 4.90 Å². The van der Waals surface area contributed by atoms with Crippen LogP contribution in [0, 0.1) is 25.2 Å². The summed E-state index contributed by atoms with van der Waals surface area (Å²) in [5.74, 6) is -0.297. The molecule has 0 saturated carbocycles. The molecule has 1 amide bonds. The molecule has 6 rings (SSSR count). The Morgan fingerprint density at radius 2 is 1.48 bits per heavy atom. The molecular formula is C34H28N4O3S. The molecule has 2 aliphatic rings. The van der Waals surface area contributed by atoms with E-state index >= 15 is 0 Å². The maximum absolute atomic E-state index is 14.7. The summed E-state index contributed by atoms with van der Waals surface area (Å²) in [5.41, 5.74) is 3.80. The van der Waals surface area contributed by atoms with Crippen molar-refractivity contribution in [2.24, 2.45) is 5.10 Å². The first-order valence-electron chi connectivity index (χ1n) is 13.6. The van der Waals surface area contributed by atoms with E-state index in [2.05, 4.69) is 11.2 Å². The average molecular weight is 573 g/mol. The van der Waals surface area contributed by atoms with Gasteiger partial charge in [-0.1, -0.05) is 96.1 Å². The van der Waals surface area contributed by atoms with Crippen molar-refractivity contribution in [1.29, 1.82) is 5.26 Å². The SMILES string of the molecule is Cc1ccc(C2=NN(S(=O)(=O)c3ccc(C)cc3)C=C(C#N)C3(C2)C(=O)N(Cc2ccccc2)c2ccccc23)cc1. The first kappa shape index (κ1) is 27.2. The number of nitrogens with zero attached hydrogens (tertiary/aromatic N) is 4. The number of hydrazone groups is 1. The third kappa shape index (κ3) is 4.48. The Hall–Kier alpha value is -5.00. The van der Waals surface area contributed by atoms with E-state index < -0.39 is 15.4 Å². The van der Waals surface area contributed by atoms with Crippen molar-refractivity contribution in [3.8, 4) is 6.07 Å². The zero-order chi connectivity index (χ0) is 29.5. The Kier molecular flexibility index (Phi) is 6.76. The van der Waals surface area contributed by atoms with Gasteiger partial charge in [0.1, 0.15) is 5.41 Å². The molecule has 1 atom stereocenters. The largest absolute Gasteiger partial charge is 0.307 e. The molecule has 0 saturated heterocycles. The number of amides is 1. The Morgan fingerprint density at radius 1 is 0.857 bits per heavy atom. The fourth-order valence-electron chi connectivity index (χ4n) is 5.60. The fourth-order valence-corrected chi connectivity index (χ4v) is 6.75. The number of nitriles is 1. The minimum Gasteiger partial charge on any atom is -0.307 e. The van der Waals surface area contributed by atoms with Crippen LogP contribution in [0.15, 0.2) is 125 Å². The quantitative estimate of drug-likeness (QED) is 0.293. The molecule has 4 aromatic rings. The van der Waals surface area contributed by atoms with Crippen LogP contribution >= 0.6 is 0 Å². The van der Waals surface area contributed by atoms with Gasteiger partial charge < -0.3 is 4.90 Å². The zero-order valence-electron chi connectivity index (χ0n) is 23.2. The number of fused-ring (bicyclic) bond motifs is 2. The molecule has 1 unspecified atom stereocenters. The molecule has 0 aromatic heterocycles. The standard InChI is InChI=1S/C34H28N4O3S/c1-24-12-16-27(17-13-24)31-20-34(28(21-35)23-38(36-31)42(40,41)29-18-14-25(2)15-19-29)30-10-6-7-11-32(30)37(33(34)39)22-26-8-4-3-5-9-26/h3-19,23H,20,22H2,1-2H3. The van der Waals surface area contributed by atoms with Crippen molar-refractivity contribution >= 4 is 27.3 Å². The van der Waals surface area contributed by atoms with Gasteiger partial charge in [0.25, 0.3) is 10.0 Å². The lowest BCUT2D eigenvalue weighted by Crippen LogP contribution is -2.42. The van der Waals surface area contributed by atoms with Gasteiger partial charge in [0, 0.05) is 12.1 Å². The summed E-state index contributed by atoms with van der Waals surface area (Å²) in [6.45, 7) is 4.14. The number of carbonyl (C=O) groups excluding carboxylic acids is 1. The maximum Gasteiger partial charge on any atom is 0.282 e. The fraction of sp³-hybridized carbons (Fsp3) is 0.147. The van der Waals surface area contributed by atoms with Crippen LogP contribution in [0.5, 0.6) is 0 Å². The van der Waals surface area contributed by atoms with E-state index in [0.29, 0.717) is 29.1 Å². The summed E-state index contributed by atoms with van der Waals surface area (Å²) in [6, 6.07) is 33.3. The van der Waals surface area contributed by atoms with Crippen molar-refractivity contribution in [3.05, 3.63) is 143 Å². The number of rotatable bonds is 5. The maximum atomic E-state index is 14.7. The van der Waals surface area contributed by atoms with Crippen LogP contribution in [-0.2, 0) is 26.8 Å². The van der Waals surface area contributed by atoms with Crippen molar-refractivity contribution in [3.63, 3.8) is 0 Å². The highest BCUT2D eigenvalue weighted by molar-refractivity contribution is 7.89. The Bertz CT molecular complexity index is 1890. The molecule has 0 radical (unpaired) electrons. The minimum atomic E-state index is -4.20. The predicted molar refractivity (Wildman–Crippen MR) is 162 cm³/mol. The highest BCUT2D eigenvalue weighted by Gasteiger charge is 2.55. The van der Waals surface area contributed by atoms with Crippen molar-refractivity contribution in [2.45, 2.75) is 37.1 Å². The molecule has 2 heterocycles. The predicted octanol–water partition coefficient (Wildman–Crippen LogP) is 5.99. The molecule has 0 N–H and O–H groups in total. The molecule has 42 heavy (non-hydrogen) atoms. The third-order valence-corrected chi connectivity index (χ3v) is 9.42. The molecule has 208 valence electrons. The topological polar surface area (TPSA) is 93.8 Å². The van der Waals surface area contributed by atoms with E-state index in [1.54, 1.807) is 17.0 Å². The van der Waals surface area contributed by atoms with Gasteiger partial charge in [-0.15, -0.1) is 0 Å². The Labute approximate surface area is 245 Å². The normalized spacial score (nSPS) is 18.3. The van der Waals surface area contributed by atoms with E-state index in [9.17, 15) is 18.5 Å².